The van der Waals surface area contributed by atoms with E-state index in [9.17, 15) is 4.39 Å². The van der Waals surface area contributed by atoms with Gasteiger partial charge in [-0.1, -0.05) is 60.2 Å². The Kier molecular flexibility index (Phi) is 5.06. The molecule has 3 aromatic rings. The van der Waals surface area contributed by atoms with Gasteiger partial charge >= 0.3 is 0 Å². The summed E-state index contributed by atoms with van der Waals surface area (Å²) in [7, 11) is 1.69. The summed E-state index contributed by atoms with van der Waals surface area (Å²) >= 11 is 0. The molecule has 1 atom stereocenters. The van der Waals surface area contributed by atoms with Crippen molar-refractivity contribution in [3.8, 4) is 5.75 Å². The molecule has 1 aliphatic rings. The Morgan fingerprint density at radius 3 is 2.26 bits per heavy atom. The Labute approximate surface area is 160 Å². The first-order chi connectivity index (χ1) is 13.2. The summed E-state index contributed by atoms with van der Waals surface area (Å²) in [6.45, 7) is 0. The molecule has 0 heterocycles. The summed E-state index contributed by atoms with van der Waals surface area (Å²) < 4.78 is 18.6. The van der Waals surface area contributed by atoms with E-state index in [0.717, 1.165) is 30.6 Å². The molecule has 0 fully saturated rings. The molecule has 1 unspecified atom stereocenters. The summed E-state index contributed by atoms with van der Waals surface area (Å²) in [4.78, 5) is 0. The van der Waals surface area contributed by atoms with E-state index in [1.165, 1.54) is 22.3 Å². The van der Waals surface area contributed by atoms with Crippen molar-refractivity contribution in [2.45, 2.75) is 25.2 Å². The average Bonchev–Trinajstić information content (AvgIpc) is 3.14. The Morgan fingerprint density at radius 1 is 0.889 bits per heavy atom. The third kappa shape index (κ3) is 3.80. The molecule has 136 valence electrons. The zero-order valence-corrected chi connectivity index (χ0v) is 15.5. The van der Waals surface area contributed by atoms with Gasteiger partial charge in [0.1, 0.15) is 11.6 Å². The van der Waals surface area contributed by atoms with E-state index in [2.05, 4.69) is 42.5 Å². The lowest BCUT2D eigenvalue weighted by Gasteiger charge is -2.18. The van der Waals surface area contributed by atoms with Gasteiger partial charge in [0.25, 0.3) is 0 Å². The third-order valence-corrected chi connectivity index (χ3v) is 5.44. The maximum atomic E-state index is 13.3. The minimum atomic E-state index is -0.186. The molecule has 0 aliphatic heterocycles. The Morgan fingerprint density at radius 2 is 1.59 bits per heavy atom. The van der Waals surface area contributed by atoms with E-state index in [-0.39, 0.29) is 5.82 Å². The van der Waals surface area contributed by atoms with Gasteiger partial charge in [-0.25, -0.2) is 4.39 Å². The monoisotopic (exact) mass is 358 g/mol. The van der Waals surface area contributed by atoms with Crippen LogP contribution in [0.15, 0.2) is 84.4 Å². The van der Waals surface area contributed by atoms with Crippen LogP contribution >= 0.6 is 0 Å². The standard InChI is InChI=1S/C25H23FO/c1-27-22-13-9-20(10-14-22)24-16-15-23(19-5-3-2-4-6-19)25(24)17-18-7-11-21(26)12-8-18/h2-14,24H,15-17H2,1H3. The van der Waals surface area contributed by atoms with Crippen molar-refractivity contribution < 1.29 is 9.13 Å². The molecular formula is C25H23FO. The molecule has 0 amide bonds. The molecular weight excluding hydrogens is 335 g/mol. The predicted molar refractivity (Wildman–Crippen MR) is 108 cm³/mol. The molecule has 3 aromatic carbocycles. The van der Waals surface area contributed by atoms with Crippen LogP contribution < -0.4 is 4.74 Å². The molecule has 4 rings (SSSR count). The molecule has 0 saturated heterocycles. The number of halogens is 1. The highest BCUT2D eigenvalue weighted by Crippen LogP contribution is 2.45. The van der Waals surface area contributed by atoms with Gasteiger partial charge in [0.2, 0.25) is 0 Å². The van der Waals surface area contributed by atoms with Crippen LogP contribution in [0.5, 0.6) is 5.75 Å². The van der Waals surface area contributed by atoms with E-state index in [4.69, 9.17) is 4.74 Å². The van der Waals surface area contributed by atoms with Crippen LogP contribution in [0.25, 0.3) is 5.57 Å². The first kappa shape index (κ1) is 17.5. The highest BCUT2D eigenvalue weighted by atomic mass is 19.1. The molecule has 0 saturated carbocycles. The molecule has 0 aromatic heterocycles. The van der Waals surface area contributed by atoms with E-state index < -0.39 is 0 Å². The normalized spacial score (nSPS) is 16.6. The number of rotatable bonds is 5. The van der Waals surface area contributed by atoms with E-state index in [1.54, 1.807) is 19.2 Å². The summed E-state index contributed by atoms with van der Waals surface area (Å²) in [5.41, 5.74) is 6.64. The fourth-order valence-electron chi connectivity index (χ4n) is 4.06. The van der Waals surface area contributed by atoms with Gasteiger partial charge in [-0.2, -0.15) is 0 Å². The zero-order chi connectivity index (χ0) is 18.6. The van der Waals surface area contributed by atoms with E-state index in [1.807, 2.05) is 24.3 Å². The second-order valence-electron chi connectivity index (χ2n) is 7.04. The van der Waals surface area contributed by atoms with Crippen molar-refractivity contribution in [3.05, 3.63) is 107 Å². The van der Waals surface area contributed by atoms with Gasteiger partial charge in [-0.05, 0) is 65.8 Å². The third-order valence-electron chi connectivity index (χ3n) is 5.44. The lowest BCUT2D eigenvalue weighted by Crippen LogP contribution is -2.02. The molecule has 27 heavy (non-hydrogen) atoms. The number of hydrogen-bond acceptors (Lipinski definition) is 1. The second-order valence-corrected chi connectivity index (χ2v) is 7.04. The lowest BCUT2D eigenvalue weighted by molar-refractivity contribution is 0.414. The summed E-state index contributed by atoms with van der Waals surface area (Å²) in [5, 5.41) is 0. The first-order valence-corrected chi connectivity index (χ1v) is 9.40. The summed E-state index contributed by atoms with van der Waals surface area (Å²) in [6, 6.07) is 25.9. The van der Waals surface area contributed by atoms with Crippen molar-refractivity contribution >= 4 is 5.57 Å². The molecule has 0 radical (unpaired) electrons. The Balaban J connectivity index is 1.73. The smallest absolute Gasteiger partial charge is 0.123 e. The zero-order valence-electron chi connectivity index (χ0n) is 15.5. The second kappa shape index (κ2) is 7.79. The maximum absolute atomic E-state index is 13.3. The Hall–Kier alpha value is -2.87. The largest absolute Gasteiger partial charge is 0.497 e. The SMILES string of the molecule is COc1ccc(C2CCC(c3ccccc3)=C2Cc2ccc(F)cc2)cc1. The van der Waals surface area contributed by atoms with Crippen LogP contribution in [0.3, 0.4) is 0 Å². The molecule has 1 aliphatic carbocycles. The van der Waals surface area contributed by atoms with Crippen molar-refractivity contribution in [2.75, 3.05) is 7.11 Å². The van der Waals surface area contributed by atoms with Crippen LogP contribution in [-0.4, -0.2) is 7.11 Å². The van der Waals surface area contributed by atoms with Crippen molar-refractivity contribution in [1.29, 1.82) is 0 Å². The van der Waals surface area contributed by atoms with Gasteiger partial charge in [0, 0.05) is 5.92 Å². The number of allylic oxidation sites excluding steroid dienone is 2. The van der Waals surface area contributed by atoms with Crippen LogP contribution in [0.4, 0.5) is 4.39 Å². The number of ether oxygens (including phenoxy) is 1. The van der Waals surface area contributed by atoms with Gasteiger partial charge in [0.05, 0.1) is 7.11 Å². The van der Waals surface area contributed by atoms with E-state index in [0.29, 0.717) is 5.92 Å². The highest BCUT2D eigenvalue weighted by Gasteiger charge is 2.27. The van der Waals surface area contributed by atoms with Crippen molar-refractivity contribution in [2.24, 2.45) is 0 Å². The number of benzene rings is 3. The molecule has 0 N–H and O–H groups in total. The predicted octanol–water partition coefficient (Wildman–Crippen LogP) is 6.41. The minimum absolute atomic E-state index is 0.186. The number of methoxy groups -OCH3 is 1. The fourth-order valence-corrected chi connectivity index (χ4v) is 4.06. The van der Waals surface area contributed by atoms with Gasteiger partial charge < -0.3 is 4.74 Å². The van der Waals surface area contributed by atoms with Crippen LogP contribution in [0, 0.1) is 5.82 Å². The first-order valence-electron chi connectivity index (χ1n) is 9.40. The topological polar surface area (TPSA) is 9.23 Å². The van der Waals surface area contributed by atoms with Gasteiger partial charge in [-0.15, -0.1) is 0 Å². The highest BCUT2D eigenvalue weighted by molar-refractivity contribution is 5.73. The summed E-state index contributed by atoms with van der Waals surface area (Å²) in [5.74, 6) is 1.08. The quantitative estimate of drug-likeness (QED) is 0.512. The van der Waals surface area contributed by atoms with Crippen molar-refractivity contribution in [3.63, 3.8) is 0 Å². The average molecular weight is 358 g/mol. The molecule has 0 bridgehead atoms. The maximum Gasteiger partial charge on any atom is 0.123 e. The van der Waals surface area contributed by atoms with Crippen molar-refractivity contribution in [1.82, 2.24) is 0 Å². The minimum Gasteiger partial charge on any atom is -0.497 e. The molecule has 1 nitrogen and oxygen atoms in total. The van der Waals surface area contributed by atoms with Crippen LogP contribution in [0.1, 0.15) is 35.4 Å². The van der Waals surface area contributed by atoms with Gasteiger partial charge in [0.15, 0.2) is 0 Å². The lowest BCUT2D eigenvalue weighted by atomic mass is 9.87. The molecule has 2 heteroatoms. The Bertz CT molecular complexity index is 924. The summed E-state index contributed by atoms with van der Waals surface area (Å²) in [6.07, 6.45) is 3.02. The van der Waals surface area contributed by atoms with Crippen LogP contribution in [-0.2, 0) is 6.42 Å². The fraction of sp³-hybridized carbons (Fsp3) is 0.200. The molecule has 0 spiro atoms. The van der Waals surface area contributed by atoms with Crippen LogP contribution in [0.2, 0.25) is 0 Å². The number of hydrogen-bond donors (Lipinski definition) is 0. The van der Waals surface area contributed by atoms with Gasteiger partial charge in [-0.3, -0.25) is 0 Å². The van der Waals surface area contributed by atoms with E-state index >= 15 is 0 Å².